The minimum atomic E-state index is -4.36. The number of aromatic nitrogens is 4. The van der Waals surface area contributed by atoms with Gasteiger partial charge in [-0.3, -0.25) is 4.68 Å². The fraction of sp³-hybridized carbons (Fsp3) is 0.500. The number of anilines is 1. The number of carbonyl (C=O) groups is 1. The van der Waals surface area contributed by atoms with E-state index in [4.69, 9.17) is 0 Å². The van der Waals surface area contributed by atoms with Crippen molar-refractivity contribution in [3.63, 3.8) is 0 Å². The highest BCUT2D eigenvalue weighted by atomic mass is 19.4. The van der Waals surface area contributed by atoms with Crippen molar-refractivity contribution < 1.29 is 18.0 Å². The molecule has 3 heterocycles. The van der Waals surface area contributed by atoms with Crippen molar-refractivity contribution in [2.24, 2.45) is 0 Å². The largest absolute Gasteiger partial charge is 0.408 e. The summed E-state index contributed by atoms with van der Waals surface area (Å²) in [6.07, 6.45) is 3.98. The first-order chi connectivity index (χ1) is 11.4. The fourth-order valence-corrected chi connectivity index (χ4v) is 2.81. The highest BCUT2D eigenvalue weighted by Gasteiger charge is 2.31. The third kappa shape index (κ3) is 3.87. The molecule has 3 rings (SSSR count). The Morgan fingerprint density at radius 2 is 2.25 bits per heavy atom. The molecule has 130 valence electrons. The van der Waals surface area contributed by atoms with Gasteiger partial charge in [0, 0.05) is 25.1 Å². The van der Waals surface area contributed by atoms with Crippen molar-refractivity contribution >= 4 is 11.7 Å². The smallest absolute Gasteiger partial charge is 0.347 e. The minimum Gasteiger partial charge on any atom is -0.347 e. The van der Waals surface area contributed by atoms with Crippen molar-refractivity contribution in [2.75, 3.05) is 11.9 Å². The van der Waals surface area contributed by atoms with Gasteiger partial charge in [0.2, 0.25) is 0 Å². The number of imidazole rings is 1. The number of nitrogens with one attached hydrogen (secondary N) is 2. The van der Waals surface area contributed by atoms with Crippen LogP contribution in [0.3, 0.4) is 0 Å². The minimum absolute atomic E-state index is 0.168. The number of H-pyrrole nitrogens is 1. The van der Waals surface area contributed by atoms with E-state index in [2.05, 4.69) is 20.4 Å². The maximum absolute atomic E-state index is 12.5. The van der Waals surface area contributed by atoms with Crippen LogP contribution in [0, 0.1) is 0 Å². The molecule has 1 fully saturated rings. The summed E-state index contributed by atoms with van der Waals surface area (Å²) in [7, 11) is 0. The summed E-state index contributed by atoms with van der Waals surface area (Å²) in [6.45, 7) is -0.629. The number of hydrogen-bond donors (Lipinski definition) is 2. The Balaban J connectivity index is 1.67. The predicted molar refractivity (Wildman–Crippen MR) is 79.2 cm³/mol. The van der Waals surface area contributed by atoms with Crippen LogP contribution in [-0.2, 0) is 6.54 Å². The van der Waals surface area contributed by atoms with E-state index in [1.54, 1.807) is 17.3 Å². The van der Waals surface area contributed by atoms with Crippen LogP contribution in [0.2, 0.25) is 0 Å². The maximum atomic E-state index is 12.5. The van der Waals surface area contributed by atoms with Crippen molar-refractivity contribution in [3.8, 4) is 0 Å². The standard InChI is InChI=1S/C14H17F3N6O/c15-14(16,17)9-22-8-10(7-20-22)21-13(24)23-6-2-1-3-11(23)12-18-4-5-19-12/h4-5,7-8,11H,1-3,6,9H2,(H,18,19)(H,21,24)/t11-/m0/s1. The number of halogens is 3. The first-order valence-corrected chi connectivity index (χ1v) is 7.58. The van der Waals surface area contributed by atoms with Crippen molar-refractivity contribution in [1.82, 2.24) is 24.6 Å². The molecule has 0 saturated carbocycles. The lowest BCUT2D eigenvalue weighted by molar-refractivity contribution is -0.142. The number of aromatic amines is 1. The zero-order chi connectivity index (χ0) is 17.2. The average molecular weight is 342 g/mol. The molecular formula is C14H17F3N6O. The number of amides is 2. The zero-order valence-electron chi connectivity index (χ0n) is 12.8. The lowest BCUT2D eigenvalue weighted by atomic mass is 10.0. The Labute approximate surface area is 135 Å². The molecule has 1 atom stereocenters. The quantitative estimate of drug-likeness (QED) is 0.900. The summed E-state index contributed by atoms with van der Waals surface area (Å²) in [5.41, 5.74) is 0.230. The highest BCUT2D eigenvalue weighted by Crippen LogP contribution is 2.29. The van der Waals surface area contributed by atoms with Gasteiger partial charge in [-0.05, 0) is 19.3 Å². The zero-order valence-corrected chi connectivity index (χ0v) is 12.8. The van der Waals surface area contributed by atoms with Gasteiger partial charge in [0.15, 0.2) is 0 Å². The Morgan fingerprint density at radius 3 is 2.96 bits per heavy atom. The summed E-state index contributed by atoms with van der Waals surface area (Å²) < 4.78 is 37.8. The van der Waals surface area contributed by atoms with Crippen molar-refractivity contribution in [1.29, 1.82) is 0 Å². The second-order valence-corrected chi connectivity index (χ2v) is 5.65. The second-order valence-electron chi connectivity index (χ2n) is 5.65. The molecule has 0 spiro atoms. The Bertz CT molecular complexity index is 681. The van der Waals surface area contributed by atoms with Gasteiger partial charge in [-0.25, -0.2) is 9.78 Å². The summed E-state index contributed by atoms with van der Waals surface area (Å²) >= 11 is 0. The fourth-order valence-electron chi connectivity index (χ4n) is 2.81. The van der Waals surface area contributed by atoms with Crippen LogP contribution >= 0.6 is 0 Å². The van der Waals surface area contributed by atoms with E-state index in [1.807, 2.05) is 0 Å². The molecule has 0 unspecified atom stereocenters. The molecule has 1 saturated heterocycles. The van der Waals surface area contributed by atoms with Crippen molar-refractivity contribution in [3.05, 3.63) is 30.6 Å². The summed E-state index contributed by atoms with van der Waals surface area (Å²) in [6, 6.07) is -0.540. The van der Waals surface area contributed by atoms with Gasteiger partial charge in [-0.1, -0.05) is 0 Å². The normalized spacial score (nSPS) is 18.6. The van der Waals surface area contributed by atoms with E-state index in [0.29, 0.717) is 12.4 Å². The van der Waals surface area contributed by atoms with Gasteiger partial charge in [-0.15, -0.1) is 0 Å². The lowest BCUT2D eigenvalue weighted by Crippen LogP contribution is -2.41. The molecule has 2 aromatic heterocycles. The van der Waals surface area contributed by atoms with Crippen LogP contribution in [0.5, 0.6) is 0 Å². The molecule has 2 N–H and O–H groups in total. The van der Waals surface area contributed by atoms with E-state index in [-0.39, 0.29) is 17.8 Å². The number of nitrogens with zero attached hydrogens (tertiary/aromatic N) is 4. The molecule has 2 aromatic rings. The number of piperidine rings is 1. The third-order valence-electron chi connectivity index (χ3n) is 3.82. The Kier molecular flexibility index (Phi) is 4.45. The molecule has 0 aliphatic carbocycles. The predicted octanol–water partition coefficient (Wildman–Crippen LogP) is 2.93. The number of alkyl halides is 3. The molecule has 0 bridgehead atoms. The molecule has 1 aliphatic rings. The van der Waals surface area contributed by atoms with Gasteiger partial charge >= 0.3 is 12.2 Å². The van der Waals surface area contributed by atoms with Gasteiger partial charge in [0.1, 0.15) is 12.4 Å². The molecule has 2 amide bonds. The van der Waals surface area contributed by atoms with E-state index in [1.165, 1.54) is 6.20 Å². The van der Waals surface area contributed by atoms with Crippen LogP contribution < -0.4 is 5.32 Å². The van der Waals surface area contributed by atoms with Crippen LogP contribution in [0.1, 0.15) is 31.1 Å². The van der Waals surface area contributed by atoms with Gasteiger partial charge in [-0.2, -0.15) is 18.3 Å². The molecule has 7 nitrogen and oxygen atoms in total. The lowest BCUT2D eigenvalue weighted by Gasteiger charge is -2.34. The maximum Gasteiger partial charge on any atom is 0.408 e. The average Bonchev–Trinajstić information content (AvgIpc) is 3.17. The van der Waals surface area contributed by atoms with E-state index < -0.39 is 12.7 Å². The SMILES string of the molecule is O=C(Nc1cnn(CC(F)(F)F)c1)N1CCCC[C@H]1c1ncc[nH]1. The number of carbonyl (C=O) groups excluding carboxylic acids is 1. The van der Waals surface area contributed by atoms with Crippen LogP contribution in [0.25, 0.3) is 0 Å². The molecule has 24 heavy (non-hydrogen) atoms. The Hall–Kier alpha value is -2.52. The first kappa shape index (κ1) is 16.3. The number of urea groups is 1. The second kappa shape index (κ2) is 6.54. The van der Waals surface area contributed by atoms with Gasteiger partial charge in [0.25, 0.3) is 0 Å². The number of rotatable bonds is 3. The summed E-state index contributed by atoms with van der Waals surface area (Å²) in [5, 5.41) is 6.22. The Morgan fingerprint density at radius 1 is 1.42 bits per heavy atom. The van der Waals surface area contributed by atoms with Gasteiger partial charge < -0.3 is 15.2 Å². The van der Waals surface area contributed by atoms with Crippen molar-refractivity contribution in [2.45, 2.75) is 38.0 Å². The topological polar surface area (TPSA) is 78.8 Å². The molecule has 0 radical (unpaired) electrons. The molecule has 10 heteroatoms. The number of hydrogen-bond acceptors (Lipinski definition) is 3. The third-order valence-corrected chi connectivity index (χ3v) is 3.82. The summed E-state index contributed by atoms with van der Waals surface area (Å²) in [4.78, 5) is 21.3. The van der Waals surface area contributed by atoms with E-state index >= 15 is 0 Å². The molecular weight excluding hydrogens is 325 g/mol. The summed E-state index contributed by atoms with van der Waals surface area (Å²) in [5.74, 6) is 0.706. The molecule has 1 aliphatic heterocycles. The molecule has 0 aromatic carbocycles. The first-order valence-electron chi connectivity index (χ1n) is 7.58. The van der Waals surface area contributed by atoms with Crippen LogP contribution in [-0.4, -0.2) is 43.4 Å². The van der Waals surface area contributed by atoms with E-state index in [9.17, 15) is 18.0 Å². The highest BCUT2D eigenvalue weighted by molar-refractivity contribution is 5.89. The van der Waals surface area contributed by atoms with Crippen LogP contribution in [0.4, 0.5) is 23.7 Å². The van der Waals surface area contributed by atoms with Gasteiger partial charge in [0.05, 0.1) is 17.9 Å². The van der Waals surface area contributed by atoms with E-state index in [0.717, 1.165) is 30.1 Å². The number of likely N-dealkylation sites (tertiary alicyclic amines) is 1. The van der Waals surface area contributed by atoms with Crippen LogP contribution in [0.15, 0.2) is 24.8 Å². The monoisotopic (exact) mass is 342 g/mol.